The molecule has 0 aliphatic heterocycles. The van der Waals surface area contributed by atoms with Crippen LogP contribution in [-0.4, -0.2) is 34.2 Å². The lowest BCUT2D eigenvalue weighted by atomic mass is 10.1. The number of aromatic nitrogens is 3. The number of hydrogen-bond acceptors (Lipinski definition) is 9. The van der Waals surface area contributed by atoms with Crippen LogP contribution in [0.3, 0.4) is 0 Å². The predicted molar refractivity (Wildman–Crippen MR) is 120 cm³/mol. The first kappa shape index (κ1) is 22.7. The molecule has 0 atom stereocenters. The van der Waals surface area contributed by atoms with Crippen molar-refractivity contribution in [1.82, 2.24) is 15.1 Å². The van der Waals surface area contributed by atoms with E-state index in [2.05, 4.69) is 19.9 Å². The summed E-state index contributed by atoms with van der Waals surface area (Å²) in [5, 5.41) is 4.19. The summed E-state index contributed by atoms with van der Waals surface area (Å²) in [6.07, 6.45) is 0. The lowest BCUT2D eigenvalue weighted by Crippen LogP contribution is -2.15. The molecule has 0 radical (unpaired) electrons. The van der Waals surface area contributed by atoms with Crippen LogP contribution in [0.4, 0.5) is 0 Å². The average molecular weight is 463 g/mol. The van der Waals surface area contributed by atoms with E-state index < -0.39 is 17.5 Å². The Kier molecular flexibility index (Phi) is 6.39. The van der Waals surface area contributed by atoms with E-state index in [9.17, 15) is 14.4 Å². The van der Waals surface area contributed by atoms with Gasteiger partial charge in [0, 0.05) is 0 Å². The number of nitrogens with one attached hydrogen (secondary N) is 1. The van der Waals surface area contributed by atoms with Gasteiger partial charge in [0.05, 0.1) is 40.4 Å². The number of aromatic amines is 1. The largest absolute Gasteiger partial charge is 0.489 e. The highest BCUT2D eigenvalue weighted by Gasteiger charge is 2.13. The first-order valence-electron chi connectivity index (χ1n) is 10.3. The molecule has 0 unspecified atom stereocenters. The first-order chi connectivity index (χ1) is 16.4. The standard InChI is InChI=1S/C24H21N3O7/c1-13-19(14(2)34-27-13)11-32-17-7-4-15(5-8-17)24(30)33-12-21-25-20-10-16(23(29)31-3)6-9-18(20)22(28)26-21/h4-10H,11-12H2,1-3H3,(H,25,26,28). The molecule has 1 N–H and O–H groups in total. The van der Waals surface area contributed by atoms with Crippen molar-refractivity contribution >= 4 is 22.8 Å². The number of ether oxygens (including phenoxy) is 3. The van der Waals surface area contributed by atoms with Gasteiger partial charge in [-0.1, -0.05) is 5.16 Å². The third-order valence-electron chi connectivity index (χ3n) is 5.17. The molecule has 2 heterocycles. The Hall–Kier alpha value is -4.47. The second kappa shape index (κ2) is 9.57. The number of H-pyrrole nitrogens is 1. The number of hydrogen-bond donors (Lipinski definition) is 1. The van der Waals surface area contributed by atoms with Gasteiger partial charge in [-0.2, -0.15) is 0 Å². The van der Waals surface area contributed by atoms with Gasteiger partial charge in [0.2, 0.25) is 0 Å². The fraction of sp³-hybridized carbons (Fsp3) is 0.208. The minimum Gasteiger partial charge on any atom is -0.489 e. The third-order valence-corrected chi connectivity index (χ3v) is 5.17. The van der Waals surface area contributed by atoms with E-state index in [0.717, 1.165) is 11.3 Å². The Morgan fingerprint density at radius 2 is 1.74 bits per heavy atom. The van der Waals surface area contributed by atoms with E-state index in [0.29, 0.717) is 29.1 Å². The highest BCUT2D eigenvalue weighted by molar-refractivity contribution is 5.94. The summed E-state index contributed by atoms with van der Waals surface area (Å²) >= 11 is 0. The van der Waals surface area contributed by atoms with Crippen molar-refractivity contribution in [2.75, 3.05) is 7.11 Å². The van der Waals surface area contributed by atoms with Crippen molar-refractivity contribution < 1.29 is 28.3 Å². The summed E-state index contributed by atoms with van der Waals surface area (Å²) < 4.78 is 20.8. The van der Waals surface area contributed by atoms with Crippen LogP contribution < -0.4 is 10.3 Å². The average Bonchev–Trinajstić information content (AvgIpc) is 3.17. The van der Waals surface area contributed by atoms with Crippen molar-refractivity contribution in [3.63, 3.8) is 0 Å². The third kappa shape index (κ3) is 4.80. The summed E-state index contributed by atoms with van der Waals surface area (Å²) in [4.78, 5) is 43.3. The molecule has 10 heteroatoms. The van der Waals surface area contributed by atoms with Crippen molar-refractivity contribution in [1.29, 1.82) is 0 Å². The van der Waals surface area contributed by atoms with Crippen molar-refractivity contribution in [2.45, 2.75) is 27.1 Å². The summed E-state index contributed by atoms with van der Waals surface area (Å²) in [5.74, 6) is 0.268. The predicted octanol–water partition coefficient (Wildman–Crippen LogP) is 3.25. The lowest BCUT2D eigenvalue weighted by molar-refractivity contribution is 0.0462. The molecular weight excluding hydrogens is 442 g/mol. The Morgan fingerprint density at radius 1 is 1.00 bits per heavy atom. The molecule has 34 heavy (non-hydrogen) atoms. The minimum absolute atomic E-state index is 0.146. The van der Waals surface area contributed by atoms with Crippen molar-refractivity contribution in [2.24, 2.45) is 0 Å². The topological polar surface area (TPSA) is 134 Å². The zero-order chi connectivity index (χ0) is 24.2. The number of carbonyl (C=O) groups excluding carboxylic acids is 2. The Balaban J connectivity index is 1.41. The molecule has 174 valence electrons. The lowest BCUT2D eigenvalue weighted by Gasteiger charge is -2.08. The van der Waals surface area contributed by atoms with Crippen LogP contribution in [0, 0.1) is 13.8 Å². The van der Waals surface area contributed by atoms with Crippen LogP contribution in [-0.2, 0) is 22.7 Å². The molecule has 4 rings (SSSR count). The number of fused-ring (bicyclic) bond motifs is 1. The van der Waals surface area contributed by atoms with E-state index >= 15 is 0 Å². The minimum atomic E-state index is -0.594. The van der Waals surface area contributed by atoms with E-state index in [1.54, 1.807) is 24.3 Å². The quantitative estimate of drug-likeness (QED) is 0.410. The van der Waals surface area contributed by atoms with Crippen LogP contribution in [0.15, 0.2) is 51.8 Å². The molecule has 0 aliphatic carbocycles. The molecule has 0 aliphatic rings. The number of rotatable bonds is 7. The molecule has 0 bridgehead atoms. The van der Waals surface area contributed by atoms with E-state index in [4.69, 9.17) is 14.0 Å². The molecule has 2 aromatic heterocycles. The summed E-state index contributed by atoms with van der Waals surface area (Å²) in [5.41, 5.74) is 2.08. The van der Waals surface area contributed by atoms with E-state index in [1.807, 2.05) is 13.8 Å². The Bertz CT molecular complexity index is 1400. The molecule has 10 nitrogen and oxygen atoms in total. The number of methoxy groups -OCH3 is 1. The second-order valence-corrected chi connectivity index (χ2v) is 7.43. The number of carbonyl (C=O) groups is 2. The smallest absolute Gasteiger partial charge is 0.338 e. The van der Waals surface area contributed by atoms with Gasteiger partial charge >= 0.3 is 11.9 Å². The van der Waals surface area contributed by atoms with E-state index in [-0.39, 0.29) is 23.5 Å². The number of aryl methyl sites for hydroxylation is 2. The maximum atomic E-state index is 12.4. The zero-order valence-corrected chi connectivity index (χ0v) is 18.7. The molecule has 4 aromatic rings. The van der Waals surface area contributed by atoms with Gasteiger partial charge in [0.1, 0.15) is 30.5 Å². The number of esters is 2. The van der Waals surface area contributed by atoms with Gasteiger partial charge in [-0.25, -0.2) is 14.6 Å². The van der Waals surface area contributed by atoms with Gasteiger partial charge in [0.15, 0.2) is 0 Å². The molecule has 0 amide bonds. The highest BCUT2D eigenvalue weighted by Crippen LogP contribution is 2.18. The second-order valence-electron chi connectivity index (χ2n) is 7.43. The monoisotopic (exact) mass is 463 g/mol. The first-order valence-corrected chi connectivity index (χ1v) is 10.3. The van der Waals surface area contributed by atoms with Crippen molar-refractivity contribution in [3.8, 4) is 5.75 Å². The Morgan fingerprint density at radius 3 is 2.41 bits per heavy atom. The molecule has 0 spiro atoms. The van der Waals surface area contributed by atoms with Crippen LogP contribution in [0.1, 0.15) is 43.6 Å². The van der Waals surface area contributed by atoms with Gasteiger partial charge in [-0.05, 0) is 56.3 Å². The highest BCUT2D eigenvalue weighted by atomic mass is 16.5. The zero-order valence-electron chi connectivity index (χ0n) is 18.7. The SMILES string of the molecule is COC(=O)c1ccc2c(=O)[nH]c(COC(=O)c3ccc(OCc4c(C)noc4C)cc3)nc2c1. The fourth-order valence-corrected chi connectivity index (χ4v) is 3.27. The van der Waals surface area contributed by atoms with Gasteiger partial charge in [-0.3, -0.25) is 4.79 Å². The molecule has 0 saturated carbocycles. The van der Waals surface area contributed by atoms with Gasteiger partial charge in [0.25, 0.3) is 5.56 Å². The Labute approximate surface area is 193 Å². The number of benzene rings is 2. The van der Waals surface area contributed by atoms with Gasteiger partial charge < -0.3 is 23.7 Å². The van der Waals surface area contributed by atoms with Crippen LogP contribution in [0.5, 0.6) is 5.75 Å². The maximum Gasteiger partial charge on any atom is 0.338 e. The van der Waals surface area contributed by atoms with Crippen molar-refractivity contribution in [3.05, 3.63) is 86.8 Å². The summed E-state index contributed by atoms with van der Waals surface area (Å²) in [7, 11) is 1.26. The molecule has 0 saturated heterocycles. The molecule has 2 aromatic carbocycles. The summed E-state index contributed by atoms with van der Waals surface area (Å²) in [6, 6.07) is 10.9. The van der Waals surface area contributed by atoms with Crippen LogP contribution in [0.2, 0.25) is 0 Å². The normalized spacial score (nSPS) is 10.8. The maximum absolute atomic E-state index is 12.4. The van der Waals surface area contributed by atoms with Crippen LogP contribution >= 0.6 is 0 Å². The molecular formula is C24H21N3O7. The number of nitrogens with zero attached hydrogens (tertiary/aromatic N) is 2. The fourth-order valence-electron chi connectivity index (χ4n) is 3.27. The van der Waals surface area contributed by atoms with E-state index in [1.165, 1.54) is 25.3 Å². The summed E-state index contributed by atoms with van der Waals surface area (Å²) in [6.45, 7) is 3.69. The molecule has 0 fully saturated rings. The van der Waals surface area contributed by atoms with Gasteiger partial charge in [-0.15, -0.1) is 0 Å². The van der Waals surface area contributed by atoms with Crippen LogP contribution in [0.25, 0.3) is 10.9 Å².